The molecule has 8 heteroatoms. The Kier molecular flexibility index (Phi) is 13.5. The summed E-state index contributed by atoms with van der Waals surface area (Å²) in [5, 5.41) is 21.3. The fraction of sp³-hybridized carbons (Fsp3) is 0.632. The summed E-state index contributed by atoms with van der Waals surface area (Å²) in [4.78, 5) is 26.7. The van der Waals surface area contributed by atoms with Crippen molar-refractivity contribution in [1.29, 1.82) is 0 Å². The van der Waals surface area contributed by atoms with Gasteiger partial charge in [-0.2, -0.15) is 0 Å². The fourth-order valence-electron chi connectivity index (χ4n) is 2.43. The van der Waals surface area contributed by atoms with Crippen LogP contribution in [0.25, 0.3) is 0 Å². The molecule has 0 saturated heterocycles. The highest BCUT2D eigenvalue weighted by Gasteiger charge is 2.18. The molecule has 0 rings (SSSR count). The SMILES string of the molecule is CC(C)CC(O)CCC/C=C/C=C/C(=O)N[C@@H](CCCN=C(N)N)C(=O)O. The summed E-state index contributed by atoms with van der Waals surface area (Å²) in [6, 6.07) is -0.984. The number of carboxylic acids is 1. The number of nitrogens with zero attached hydrogens (tertiary/aromatic N) is 1. The zero-order valence-electron chi connectivity index (χ0n) is 16.3. The van der Waals surface area contributed by atoms with Gasteiger partial charge in [0.25, 0.3) is 0 Å². The van der Waals surface area contributed by atoms with Crippen molar-refractivity contribution in [2.24, 2.45) is 22.4 Å². The largest absolute Gasteiger partial charge is 0.480 e. The van der Waals surface area contributed by atoms with E-state index in [0.29, 0.717) is 18.9 Å². The zero-order valence-corrected chi connectivity index (χ0v) is 16.3. The van der Waals surface area contributed by atoms with E-state index in [9.17, 15) is 14.7 Å². The Morgan fingerprint density at radius 3 is 2.44 bits per heavy atom. The van der Waals surface area contributed by atoms with Crippen LogP contribution in [0.2, 0.25) is 0 Å². The molecule has 154 valence electrons. The van der Waals surface area contributed by atoms with E-state index >= 15 is 0 Å². The molecule has 0 fully saturated rings. The van der Waals surface area contributed by atoms with Crippen molar-refractivity contribution >= 4 is 17.8 Å². The fourth-order valence-corrected chi connectivity index (χ4v) is 2.43. The van der Waals surface area contributed by atoms with Crippen molar-refractivity contribution < 1.29 is 19.8 Å². The maximum Gasteiger partial charge on any atom is 0.326 e. The lowest BCUT2D eigenvalue weighted by Gasteiger charge is -2.12. The molecular formula is C19H34N4O4. The number of carboxylic acid groups (broad SMARTS) is 1. The van der Waals surface area contributed by atoms with Crippen LogP contribution in [0.3, 0.4) is 0 Å². The van der Waals surface area contributed by atoms with Crippen LogP contribution in [-0.4, -0.2) is 46.7 Å². The molecule has 0 saturated carbocycles. The molecule has 0 aliphatic carbocycles. The molecular weight excluding hydrogens is 348 g/mol. The van der Waals surface area contributed by atoms with Gasteiger partial charge in [-0.1, -0.05) is 32.1 Å². The first-order valence-corrected chi connectivity index (χ1v) is 9.32. The van der Waals surface area contributed by atoms with Crippen LogP contribution < -0.4 is 16.8 Å². The van der Waals surface area contributed by atoms with Crippen LogP contribution in [-0.2, 0) is 9.59 Å². The van der Waals surface area contributed by atoms with E-state index in [4.69, 9.17) is 16.6 Å². The highest BCUT2D eigenvalue weighted by atomic mass is 16.4. The van der Waals surface area contributed by atoms with Crippen molar-refractivity contribution in [3.8, 4) is 0 Å². The van der Waals surface area contributed by atoms with Gasteiger partial charge < -0.3 is 27.0 Å². The van der Waals surface area contributed by atoms with Gasteiger partial charge in [0.2, 0.25) is 5.91 Å². The third-order valence-corrected chi connectivity index (χ3v) is 3.71. The summed E-state index contributed by atoms with van der Waals surface area (Å²) in [6.45, 7) is 4.47. The summed E-state index contributed by atoms with van der Waals surface area (Å²) in [6.07, 6.45) is 10.2. The predicted molar refractivity (Wildman–Crippen MR) is 107 cm³/mol. The van der Waals surface area contributed by atoms with Crippen molar-refractivity contribution in [1.82, 2.24) is 5.32 Å². The standard InChI is InChI=1S/C19H34N4O4/c1-14(2)13-15(24)9-6-4-3-5-7-11-17(25)23-16(18(26)27)10-8-12-22-19(20)21/h3,5,7,11,14-16,24H,4,6,8-10,12-13H2,1-2H3,(H,23,25)(H,26,27)(H4,20,21,22)/b5-3+,11-7+/t15?,16-/m0/s1. The Balaban J connectivity index is 4.11. The van der Waals surface area contributed by atoms with Crippen molar-refractivity contribution in [3.05, 3.63) is 24.3 Å². The van der Waals surface area contributed by atoms with Crippen LogP contribution in [0.1, 0.15) is 52.4 Å². The smallest absolute Gasteiger partial charge is 0.326 e. The molecule has 1 unspecified atom stereocenters. The molecule has 8 nitrogen and oxygen atoms in total. The molecule has 0 spiro atoms. The summed E-state index contributed by atoms with van der Waals surface area (Å²) < 4.78 is 0. The quantitative estimate of drug-likeness (QED) is 0.100. The first kappa shape index (κ1) is 24.7. The van der Waals surface area contributed by atoms with Gasteiger partial charge in [-0.25, -0.2) is 4.79 Å². The number of hydrogen-bond donors (Lipinski definition) is 5. The van der Waals surface area contributed by atoms with Gasteiger partial charge in [0.1, 0.15) is 6.04 Å². The number of carbonyl (C=O) groups is 2. The molecule has 0 aromatic carbocycles. The second kappa shape index (κ2) is 14.8. The number of carbonyl (C=O) groups excluding carboxylic acids is 1. The molecule has 0 aromatic rings. The number of aliphatic imine (C=N–C) groups is 1. The minimum Gasteiger partial charge on any atom is -0.480 e. The van der Waals surface area contributed by atoms with E-state index in [-0.39, 0.29) is 18.5 Å². The Hall–Kier alpha value is -2.35. The Morgan fingerprint density at radius 2 is 1.85 bits per heavy atom. The van der Waals surface area contributed by atoms with Crippen LogP contribution in [0.4, 0.5) is 0 Å². The Morgan fingerprint density at radius 1 is 1.15 bits per heavy atom. The third kappa shape index (κ3) is 15.6. The molecule has 0 heterocycles. The van der Waals surface area contributed by atoms with Crippen LogP contribution >= 0.6 is 0 Å². The first-order valence-electron chi connectivity index (χ1n) is 9.32. The summed E-state index contributed by atoms with van der Waals surface area (Å²) in [5.41, 5.74) is 10.4. The summed E-state index contributed by atoms with van der Waals surface area (Å²) in [5.74, 6) is -1.13. The Labute approximate surface area is 161 Å². The van der Waals surface area contributed by atoms with Crippen molar-refractivity contribution in [2.45, 2.75) is 64.5 Å². The molecule has 2 atom stereocenters. The average molecular weight is 383 g/mol. The molecule has 0 bridgehead atoms. The van der Waals surface area contributed by atoms with E-state index in [0.717, 1.165) is 25.7 Å². The van der Waals surface area contributed by atoms with E-state index < -0.39 is 17.9 Å². The van der Waals surface area contributed by atoms with Gasteiger partial charge in [0.15, 0.2) is 5.96 Å². The molecule has 0 aliphatic heterocycles. The summed E-state index contributed by atoms with van der Waals surface area (Å²) in [7, 11) is 0. The van der Waals surface area contributed by atoms with Crippen LogP contribution in [0, 0.1) is 5.92 Å². The number of allylic oxidation sites excluding steroid dienone is 3. The second-order valence-electron chi connectivity index (χ2n) is 6.85. The summed E-state index contributed by atoms with van der Waals surface area (Å²) >= 11 is 0. The van der Waals surface area contributed by atoms with Gasteiger partial charge in [0.05, 0.1) is 6.10 Å². The minimum atomic E-state index is -1.10. The van der Waals surface area contributed by atoms with Gasteiger partial charge in [-0.05, 0) is 44.4 Å². The predicted octanol–water partition coefficient (Wildman–Crippen LogP) is 1.30. The molecule has 0 aliphatic rings. The van der Waals surface area contributed by atoms with Crippen LogP contribution in [0.15, 0.2) is 29.3 Å². The van der Waals surface area contributed by atoms with E-state index in [1.54, 1.807) is 12.2 Å². The van der Waals surface area contributed by atoms with Crippen molar-refractivity contribution in [2.75, 3.05) is 6.54 Å². The van der Waals surface area contributed by atoms with E-state index in [1.807, 2.05) is 6.08 Å². The molecule has 0 aromatic heterocycles. The monoisotopic (exact) mass is 382 g/mol. The number of amides is 1. The molecule has 27 heavy (non-hydrogen) atoms. The van der Waals surface area contributed by atoms with E-state index in [2.05, 4.69) is 24.2 Å². The number of aliphatic hydroxyl groups excluding tert-OH is 1. The molecule has 1 amide bonds. The highest BCUT2D eigenvalue weighted by Crippen LogP contribution is 2.10. The number of nitrogens with one attached hydrogen (secondary N) is 1. The first-order chi connectivity index (χ1) is 12.7. The van der Waals surface area contributed by atoms with Crippen molar-refractivity contribution in [3.63, 3.8) is 0 Å². The second-order valence-corrected chi connectivity index (χ2v) is 6.85. The number of nitrogens with two attached hydrogens (primary N) is 2. The van der Waals surface area contributed by atoms with Gasteiger partial charge in [-0.3, -0.25) is 9.79 Å². The highest BCUT2D eigenvalue weighted by molar-refractivity contribution is 5.91. The Bertz CT molecular complexity index is 526. The normalized spacial score (nSPS) is 13.8. The molecule has 0 radical (unpaired) electrons. The zero-order chi connectivity index (χ0) is 20.7. The van der Waals surface area contributed by atoms with Crippen LogP contribution in [0.5, 0.6) is 0 Å². The van der Waals surface area contributed by atoms with E-state index in [1.165, 1.54) is 6.08 Å². The number of hydrogen-bond acceptors (Lipinski definition) is 4. The molecule has 7 N–H and O–H groups in total. The maximum atomic E-state index is 11.8. The third-order valence-electron chi connectivity index (χ3n) is 3.71. The minimum absolute atomic E-state index is 0.0462. The number of aliphatic hydroxyl groups is 1. The number of unbranched alkanes of at least 4 members (excludes halogenated alkanes) is 1. The average Bonchev–Trinajstić information content (AvgIpc) is 2.55. The number of rotatable bonds is 14. The lowest BCUT2D eigenvalue weighted by molar-refractivity contribution is -0.141. The lowest BCUT2D eigenvalue weighted by atomic mass is 10.0. The van der Waals surface area contributed by atoms with Gasteiger partial charge in [-0.15, -0.1) is 0 Å². The number of guanidine groups is 1. The maximum absolute atomic E-state index is 11.8. The topological polar surface area (TPSA) is 151 Å². The lowest BCUT2D eigenvalue weighted by Crippen LogP contribution is -2.40. The van der Waals surface area contributed by atoms with Gasteiger partial charge in [0, 0.05) is 12.6 Å². The van der Waals surface area contributed by atoms with Gasteiger partial charge >= 0.3 is 5.97 Å². The number of aliphatic carboxylic acids is 1.